The van der Waals surface area contributed by atoms with Gasteiger partial charge in [0.05, 0.1) is 12.6 Å². The summed E-state index contributed by atoms with van der Waals surface area (Å²) < 4.78 is 5.51. The molecule has 0 spiro atoms. The monoisotopic (exact) mass is 438 g/mol. The van der Waals surface area contributed by atoms with Gasteiger partial charge in [-0.2, -0.15) is 0 Å². The SMILES string of the molecule is CC(C)C(=O)Nc1ccc(NCC(=O)Nc2cccc(C(=O)NCC3CCCO3)c2)cc1. The topological polar surface area (TPSA) is 109 Å². The summed E-state index contributed by atoms with van der Waals surface area (Å²) in [7, 11) is 0. The highest BCUT2D eigenvalue weighted by atomic mass is 16.5. The molecule has 1 atom stereocenters. The molecule has 0 saturated carbocycles. The highest BCUT2D eigenvalue weighted by Crippen LogP contribution is 2.15. The van der Waals surface area contributed by atoms with Crippen molar-refractivity contribution in [1.82, 2.24) is 5.32 Å². The molecular weight excluding hydrogens is 408 g/mol. The Kier molecular flexibility index (Phi) is 8.21. The third-order valence-corrected chi connectivity index (χ3v) is 5.05. The largest absolute Gasteiger partial charge is 0.376 e. The summed E-state index contributed by atoms with van der Waals surface area (Å²) in [6.07, 6.45) is 2.06. The second-order valence-electron chi connectivity index (χ2n) is 8.05. The van der Waals surface area contributed by atoms with Gasteiger partial charge in [-0.15, -0.1) is 0 Å². The number of nitrogens with one attached hydrogen (secondary N) is 4. The summed E-state index contributed by atoms with van der Waals surface area (Å²) >= 11 is 0. The number of ether oxygens (including phenoxy) is 1. The molecule has 1 saturated heterocycles. The van der Waals surface area contributed by atoms with Gasteiger partial charge in [0.25, 0.3) is 5.91 Å². The number of hydrogen-bond donors (Lipinski definition) is 4. The lowest BCUT2D eigenvalue weighted by Crippen LogP contribution is -2.31. The third kappa shape index (κ3) is 7.09. The Morgan fingerprint density at radius 3 is 2.44 bits per heavy atom. The molecule has 3 amide bonds. The van der Waals surface area contributed by atoms with Crippen LogP contribution in [0.1, 0.15) is 37.0 Å². The standard InChI is InChI=1S/C24H30N4O4/c1-16(2)23(30)28-19-10-8-18(9-11-19)25-15-22(29)27-20-6-3-5-17(13-20)24(31)26-14-21-7-4-12-32-21/h3,5-6,8-11,13,16,21,25H,4,7,12,14-15H2,1-2H3,(H,26,31)(H,27,29)(H,28,30). The van der Waals surface area contributed by atoms with Crippen LogP contribution in [0.25, 0.3) is 0 Å². The summed E-state index contributed by atoms with van der Waals surface area (Å²) in [4.78, 5) is 36.4. The zero-order valence-corrected chi connectivity index (χ0v) is 18.4. The van der Waals surface area contributed by atoms with Gasteiger partial charge in [0.2, 0.25) is 11.8 Å². The van der Waals surface area contributed by atoms with Crippen molar-refractivity contribution >= 4 is 34.8 Å². The van der Waals surface area contributed by atoms with E-state index >= 15 is 0 Å². The van der Waals surface area contributed by atoms with E-state index in [0.29, 0.717) is 23.5 Å². The number of anilines is 3. The molecule has 0 aliphatic carbocycles. The van der Waals surface area contributed by atoms with E-state index < -0.39 is 0 Å². The molecule has 2 aromatic carbocycles. The summed E-state index contributed by atoms with van der Waals surface area (Å²) in [6.45, 7) is 4.95. The normalized spacial score (nSPS) is 15.3. The van der Waals surface area contributed by atoms with Gasteiger partial charge < -0.3 is 26.0 Å². The molecule has 4 N–H and O–H groups in total. The molecule has 1 fully saturated rings. The van der Waals surface area contributed by atoms with Crippen LogP contribution >= 0.6 is 0 Å². The van der Waals surface area contributed by atoms with Crippen LogP contribution in [0.3, 0.4) is 0 Å². The lowest BCUT2D eigenvalue weighted by atomic mass is 10.1. The molecule has 1 aliphatic heterocycles. The molecule has 0 aromatic heterocycles. The smallest absolute Gasteiger partial charge is 0.251 e. The zero-order chi connectivity index (χ0) is 22.9. The van der Waals surface area contributed by atoms with E-state index in [0.717, 1.165) is 25.1 Å². The molecule has 0 radical (unpaired) electrons. The van der Waals surface area contributed by atoms with Crippen LogP contribution < -0.4 is 21.3 Å². The van der Waals surface area contributed by atoms with E-state index in [1.165, 1.54) is 0 Å². The molecule has 3 rings (SSSR count). The minimum atomic E-state index is -0.237. The van der Waals surface area contributed by atoms with Crippen molar-refractivity contribution in [2.75, 3.05) is 35.6 Å². The van der Waals surface area contributed by atoms with E-state index in [1.807, 2.05) is 13.8 Å². The molecule has 8 nitrogen and oxygen atoms in total. The van der Waals surface area contributed by atoms with Crippen molar-refractivity contribution in [2.45, 2.75) is 32.8 Å². The fourth-order valence-electron chi connectivity index (χ4n) is 3.20. The Morgan fingerprint density at radius 1 is 1.00 bits per heavy atom. The molecule has 1 unspecified atom stereocenters. The molecule has 0 bridgehead atoms. The van der Waals surface area contributed by atoms with Gasteiger partial charge in [0.1, 0.15) is 0 Å². The van der Waals surface area contributed by atoms with E-state index in [9.17, 15) is 14.4 Å². The fraction of sp³-hybridized carbons (Fsp3) is 0.375. The van der Waals surface area contributed by atoms with E-state index in [2.05, 4.69) is 21.3 Å². The Bertz CT molecular complexity index is 937. The number of carbonyl (C=O) groups excluding carboxylic acids is 3. The first-order chi connectivity index (χ1) is 15.4. The van der Waals surface area contributed by atoms with Gasteiger partial charge in [0, 0.05) is 41.7 Å². The molecule has 170 valence electrons. The average molecular weight is 439 g/mol. The van der Waals surface area contributed by atoms with Crippen molar-refractivity contribution in [3.05, 3.63) is 54.1 Å². The van der Waals surface area contributed by atoms with Crippen molar-refractivity contribution < 1.29 is 19.1 Å². The fourth-order valence-corrected chi connectivity index (χ4v) is 3.20. The number of carbonyl (C=O) groups is 3. The summed E-state index contributed by atoms with van der Waals surface area (Å²) in [5.74, 6) is -0.575. The number of hydrogen-bond acceptors (Lipinski definition) is 5. The van der Waals surface area contributed by atoms with Gasteiger partial charge in [-0.25, -0.2) is 0 Å². The maximum Gasteiger partial charge on any atom is 0.251 e. The molecule has 32 heavy (non-hydrogen) atoms. The Balaban J connectivity index is 1.46. The Hall–Kier alpha value is -3.39. The molecule has 2 aromatic rings. The summed E-state index contributed by atoms with van der Waals surface area (Å²) in [5, 5.41) is 11.5. The van der Waals surface area contributed by atoms with Gasteiger partial charge in [0.15, 0.2) is 0 Å². The van der Waals surface area contributed by atoms with Crippen LogP contribution in [0.15, 0.2) is 48.5 Å². The summed E-state index contributed by atoms with van der Waals surface area (Å²) in [6, 6.07) is 14.0. The maximum absolute atomic E-state index is 12.4. The van der Waals surface area contributed by atoms with Crippen LogP contribution in [0, 0.1) is 5.92 Å². The van der Waals surface area contributed by atoms with Gasteiger partial charge >= 0.3 is 0 Å². The second-order valence-corrected chi connectivity index (χ2v) is 8.05. The Labute approximate surface area is 188 Å². The van der Waals surface area contributed by atoms with Crippen molar-refractivity contribution in [3.63, 3.8) is 0 Å². The number of rotatable bonds is 9. The quantitative estimate of drug-likeness (QED) is 0.481. The van der Waals surface area contributed by atoms with Crippen molar-refractivity contribution in [1.29, 1.82) is 0 Å². The van der Waals surface area contributed by atoms with Crippen LogP contribution in [-0.4, -0.2) is 43.5 Å². The maximum atomic E-state index is 12.4. The van der Waals surface area contributed by atoms with Gasteiger partial charge in [-0.3, -0.25) is 14.4 Å². The third-order valence-electron chi connectivity index (χ3n) is 5.05. The first kappa shape index (κ1) is 23.3. The highest BCUT2D eigenvalue weighted by molar-refractivity contribution is 5.98. The predicted molar refractivity (Wildman–Crippen MR) is 125 cm³/mol. The average Bonchev–Trinajstić information content (AvgIpc) is 3.31. The van der Waals surface area contributed by atoms with Crippen LogP contribution in [0.4, 0.5) is 17.1 Å². The van der Waals surface area contributed by atoms with Crippen molar-refractivity contribution in [2.24, 2.45) is 5.92 Å². The van der Waals surface area contributed by atoms with Crippen molar-refractivity contribution in [3.8, 4) is 0 Å². The van der Waals surface area contributed by atoms with Gasteiger partial charge in [-0.05, 0) is 55.3 Å². The first-order valence-electron chi connectivity index (χ1n) is 10.9. The molecular formula is C24H30N4O4. The molecule has 1 aliphatic rings. The van der Waals surface area contributed by atoms with Crippen LogP contribution in [-0.2, 0) is 14.3 Å². The lowest BCUT2D eigenvalue weighted by molar-refractivity contribution is -0.119. The summed E-state index contributed by atoms with van der Waals surface area (Å²) in [5.41, 5.74) is 2.49. The second kappa shape index (κ2) is 11.3. The van der Waals surface area contributed by atoms with E-state index in [1.54, 1.807) is 48.5 Å². The van der Waals surface area contributed by atoms with Crippen LogP contribution in [0.2, 0.25) is 0 Å². The Morgan fingerprint density at radius 2 is 1.75 bits per heavy atom. The lowest BCUT2D eigenvalue weighted by Gasteiger charge is -2.12. The molecule has 1 heterocycles. The number of benzene rings is 2. The minimum Gasteiger partial charge on any atom is -0.376 e. The minimum absolute atomic E-state index is 0.0483. The first-order valence-corrected chi connectivity index (χ1v) is 10.9. The van der Waals surface area contributed by atoms with E-state index in [4.69, 9.17) is 4.74 Å². The van der Waals surface area contributed by atoms with E-state index in [-0.39, 0.29) is 36.3 Å². The van der Waals surface area contributed by atoms with Gasteiger partial charge in [-0.1, -0.05) is 19.9 Å². The molecule has 8 heteroatoms. The zero-order valence-electron chi connectivity index (χ0n) is 18.4. The van der Waals surface area contributed by atoms with Crippen LogP contribution in [0.5, 0.6) is 0 Å². The number of amides is 3. The predicted octanol–water partition coefficient (Wildman–Crippen LogP) is 3.24. The highest BCUT2D eigenvalue weighted by Gasteiger charge is 2.17.